The third-order valence-electron chi connectivity index (χ3n) is 3.63. The summed E-state index contributed by atoms with van der Waals surface area (Å²) in [6.45, 7) is 2.32. The Bertz CT molecular complexity index is 974. The van der Waals surface area contributed by atoms with Crippen LogP contribution in [0.5, 0.6) is 11.5 Å². The number of carbonyl (C=O) groups is 1. The molecule has 8 heteroatoms. The third-order valence-corrected chi connectivity index (χ3v) is 6.25. The van der Waals surface area contributed by atoms with E-state index in [0.717, 1.165) is 8.04 Å². The molecular formula is C19H14BrClINO4. The maximum Gasteiger partial charge on any atom is 0.363 e. The number of hydrogen-bond acceptors (Lipinski definition) is 5. The molecule has 1 aliphatic rings. The third kappa shape index (κ3) is 4.47. The Balaban J connectivity index is 1.97. The standard InChI is InChI=1S/C19H14BrClINO4/c1-3-26-17-13(21)6-10(8-16(17)25-2)7-15-19(24)27-18(23-15)11-4-5-14(22)12(20)9-11/h4-9H,3H2,1-2H3/b15-7-. The lowest BCUT2D eigenvalue weighted by Gasteiger charge is -2.11. The number of ether oxygens (including phenoxy) is 3. The highest BCUT2D eigenvalue weighted by atomic mass is 127. The summed E-state index contributed by atoms with van der Waals surface area (Å²) in [6, 6.07) is 9.03. The molecule has 0 aliphatic carbocycles. The molecule has 0 saturated heterocycles. The van der Waals surface area contributed by atoms with Crippen LogP contribution in [0.3, 0.4) is 0 Å². The number of benzene rings is 2. The van der Waals surface area contributed by atoms with Gasteiger partial charge in [0.15, 0.2) is 17.2 Å². The highest BCUT2D eigenvalue weighted by molar-refractivity contribution is 14.1. The molecule has 27 heavy (non-hydrogen) atoms. The summed E-state index contributed by atoms with van der Waals surface area (Å²) < 4.78 is 18.1. The number of aliphatic imine (C=N–C) groups is 1. The van der Waals surface area contributed by atoms with Gasteiger partial charge in [0, 0.05) is 13.6 Å². The molecule has 1 heterocycles. The Kier molecular flexibility index (Phi) is 6.44. The Hall–Kier alpha value is -1.58. The first-order chi connectivity index (χ1) is 12.9. The van der Waals surface area contributed by atoms with Crippen molar-refractivity contribution in [3.63, 3.8) is 0 Å². The summed E-state index contributed by atoms with van der Waals surface area (Å²) in [5.74, 6) is 0.676. The van der Waals surface area contributed by atoms with E-state index in [-0.39, 0.29) is 11.6 Å². The van der Waals surface area contributed by atoms with E-state index >= 15 is 0 Å². The second-order valence-corrected chi connectivity index (χ2v) is 7.86. The zero-order valence-electron chi connectivity index (χ0n) is 14.4. The van der Waals surface area contributed by atoms with E-state index in [2.05, 4.69) is 43.5 Å². The molecule has 0 fully saturated rings. The highest BCUT2D eigenvalue weighted by Crippen LogP contribution is 2.37. The van der Waals surface area contributed by atoms with Crippen LogP contribution in [0, 0.1) is 3.57 Å². The van der Waals surface area contributed by atoms with Crippen LogP contribution in [0.25, 0.3) is 6.08 Å². The van der Waals surface area contributed by atoms with E-state index in [0.29, 0.717) is 34.3 Å². The van der Waals surface area contributed by atoms with Gasteiger partial charge in [0.25, 0.3) is 0 Å². The van der Waals surface area contributed by atoms with Crippen LogP contribution in [-0.4, -0.2) is 25.6 Å². The van der Waals surface area contributed by atoms with Gasteiger partial charge in [-0.05, 0) is 87.4 Å². The van der Waals surface area contributed by atoms with Crippen LogP contribution in [0.15, 0.2) is 45.5 Å². The Labute approximate surface area is 183 Å². The fraction of sp³-hybridized carbons (Fsp3) is 0.158. The van der Waals surface area contributed by atoms with Crippen molar-refractivity contribution in [2.45, 2.75) is 6.92 Å². The number of esters is 1. The zero-order valence-corrected chi connectivity index (χ0v) is 18.9. The lowest BCUT2D eigenvalue weighted by molar-refractivity contribution is -0.129. The summed E-state index contributed by atoms with van der Waals surface area (Å²) in [5.41, 5.74) is 1.55. The van der Waals surface area contributed by atoms with Crippen molar-refractivity contribution < 1.29 is 19.0 Å². The van der Waals surface area contributed by atoms with Crippen LogP contribution in [0.4, 0.5) is 0 Å². The van der Waals surface area contributed by atoms with Gasteiger partial charge in [-0.1, -0.05) is 11.6 Å². The van der Waals surface area contributed by atoms with Crippen molar-refractivity contribution in [2.24, 2.45) is 4.99 Å². The maximum atomic E-state index is 12.2. The van der Waals surface area contributed by atoms with E-state index in [9.17, 15) is 4.79 Å². The van der Waals surface area contributed by atoms with Crippen LogP contribution in [0.2, 0.25) is 5.02 Å². The van der Waals surface area contributed by atoms with Crippen molar-refractivity contribution in [3.05, 3.63) is 60.2 Å². The molecule has 0 spiro atoms. The van der Waals surface area contributed by atoms with Crippen LogP contribution in [-0.2, 0) is 9.53 Å². The van der Waals surface area contributed by atoms with Gasteiger partial charge in [-0.25, -0.2) is 9.79 Å². The van der Waals surface area contributed by atoms with Crippen molar-refractivity contribution in [2.75, 3.05) is 13.7 Å². The van der Waals surface area contributed by atoms with Crippen molar-refractivity contribution in [3.8, 4) is 11.5 Å². The summed E-state index contributed by atoms with van der Waals surface area (Å²) in [5, 5.41) is 0.389. The molecule has 0 unspecified atom stereocenters. The monoisotopic (exact) mass is 561 g/mol. The average molecular weight is 563 g/mol. The van der Waals surface area contributed by atoms with Gasteiger partial charge in [-0.15, -0.1) is 0 Å². The van der Waals surface area contributed by atoms with Gasteiger partial charge in [-0.3, -0.25) is 0 Å². The summed E-state index contributed by atoms with van der Waals surface area (Å²) >= 11 is 11.9. The predicted octanol–water partition coefficient (Wildman–Crippen LogP) is 5.46. The highest BCUT2D eigenvalue weighted by Gasteiger charge is 2.25. The van der Waals surface area contributed by atoms with Crippen molar-refractivity contribution in [1.29, 1.82) is 0 Å². The molecule has 0 amide bonds. The number of hydrogen-bond donors (Lipinski definition) is 0. The molecule has 2 aromatic rings. The quantitative estimate of drug-likeness (QED) is 0.276. The topological polar surface area (TPSA) is 57.1 Å². The fourth-order valence-corrected chi connectivity index (χ4v) is 3.42. The molecule has 0 saturated carbocycles. The first-order valence-corrected chi connectivity index (χ1v) is 10.2. The van der Waals surface area contributed by atoms with Gasteiger partial charge in [0.2, 0.25) is 5.90 Å². The lowest BCUT2D eigenvalue weighted by Crippen LogP contribution is -2.05. The number of cyclic esters (lactones) is 1. The first kappa shape index (κ1) is 20.2. The minimum absolute atomic E-state index is 0.182. The predicted molar refractivity (Wildman–Crippen MR) is 117 cm³/mol. The summed E-state index contributed by atoms with van der Waals surface area (Å²) in [4.78, 5) is 16.5. The molecule has 2 aromatic carbocycles. The van der Waals surface area contributed by atoms with Gasteiger partial charge in [0.1, 0.15) is 0 Å². The van der Waals surface area contributed by atoms with Gasteiger partial charge < -0.3 is 14.2 Å². The molecule has 5 nitrogen and oxygen atoms in total. The number of halogens is 3. The fourth-order valence-electron chi connectivity index (χ4n) is 2.43. The molecular weight excluding hydrogens is 548 g/mol. The van der Waals surface area contributed by atoms with Crippen LogP contribution < -0.4 is 9.47 Å². The molecule has 1 aliphatic heterocycles. The summed E-state index contributed by atoms with van der Waals surface area (Å²) in [7, 11) is 1.53. The molecule has 0 radical (unpaired) electrons. The first-order valence-electron chi connectivity index (χ1n) is 7.91. The SMILES string of the molecule is CCOc1c(Cl)cc(/C=C2\N=C(c3ccc(I)c(Br)c3)OC2=O)cc1OC. The second-order valence-electron chi connectivity index (χ2n) is 5.43. The zero-order chi connectivity index (χ0) is 19.6. The van der Waals surface area contributed by atoms with E-state index in [1.165, 1.54) is 7.11 Å². The van der Waals surface area contributed by atoms with Gasteiger partial charge >= 0.3 is 5.97 Å². The minimum Gasteiger partial charge on any atom is -0.493 e. The van der Waals surface area contributed by atoms with Gasteiger partial charge in [-0.2, -0.15) is 0 Å². The molecule has 0 aromatic heterocycles. The van der Waals surface area contributed by atoms with Gasteiger partial charge in [0.05, 0.1) is 18.7 Å². The largest absolute Gasteiger partial charge is 0.493 e. The normalized spacial score (nSPS) is 14.9. The number of nitrogens with zero attached hydrogens (tertiary/aromatic N) is 1. The minimum atomic E-state index is -0.524. The maximum absolute atomic E-state index is 12.2. The number of methoxy groups -OCH3 is 1. The van der Waals surface area contributed by atoms with E-state index in [4.69, 9.17) is 25.8 Å². The molecule has 3 rings (SSSR count). The van der Waals surface area contributed by atoms with E-state index < -0.39 is 5.97 Å². The van der Waals surface area contributed by atoms with E-state index in [1.807, 2.05) is 25.1 Å². The molecule has 0 atom stereocenters. The summed E-state index contributed by atoms with van der Waals surface area (Å²) in [6.07, 6.45) is 1.60. The lowest BCUT2D eigenvalue weighted by atomic mass is 10.1. The molecule has 0 bridgehead atoms. The average Bonchev–Trinajstić information content (AvgIpc) is 3.00. The van der Waals surface area contributed by atoms with E-state index in [1.54, 1.807) is 18.2 Å². The Morgan fingerprint density at radius 2 is 2.11 bits per heavy atom. The number of rotatable bonds is 5. The Morgan fingerprint density at radius 3 is 2.78 bits per heavy atom. The molecule has 0 N–H and O–H groups in total. The Morgan fingerprint density at radius 1 is 1.33 bits per heavy atom. The molecule has 140 valence electrons. The van der Waals surface area contributed by atoms with Crippen molar-refractivity contribution in [1.82, 2.24) is 0 Å². The van der Waals surface area contributed by atoms with Crippen LogP contribution >= 0.6 is 50.1 Å². The smallest absolute Gasteiger partial charge is 0.363 e. The van der Waals surface area contributed by atoms with Crippen molar-refractivity contribution >= 4 is 68.1 Å². The second kappa shape index (κ2) is 8.62. The number of carbonyl (C=O) groups excluding carboxylic acids is 1. The van der Waals surface area contributed by atoms with Crippen LogP contribution in [0.1, 0.15) is 18.1 Å².